The van der Waals surface area contributed by atoms with Crippen molar-refractivity contribution in [3.8, 4) is 0 Å². The fourth-order valence-electron chi connectivity index (χ4n) is 2.45. The summed E-state index contributed by atoms with van der Waals surface area (Å²) in [6, 6.07) is 4.90. The lowest BCUT2D eigenvalue weighted by atomic mass is 10.1. The van der Waals surface area contributed by atoms with Crippen molar-refractivity contribution in [2.75, 3.05) is 26.2 Å². The van der Waals surface area contributed by atoms with Gasteiger partial charge >= 0.3 is 0 Å². The number of hydrogen-bond acceptors (Lipinski definition) is 4. The van der Waals surface area contributed by atoms with Gasteiger partial charge in [0.05, 0.1) is 6.10 Å². The molecule has 1 aromatic rings. The van der Waals surface area contributed by atoms with Crippen LogP contribution in [0.1, 0.15) is 18.7 Å². The average Bonchev–Trinajstić information content (AvgIpc) is 2.74. The largest absolute Gasteiger partial charge is 0.392 e. The minimum absolute atomic E-state index is 0.217. The number of aliphatic hydroxyl groups is 1. The van der Waals surface area contributed by atoms with Crippen LogP contribution >= 0.6 is 11.3 Å². The minimum atomic E-state index is -0.217. The molecule has 1 aromatic heterocycles. The maximum Gasteiger partial charge on any atom is 0.0639 e. The smallest absolute Gasteiger partial charge is 0.0639 e. The molecule has 0 bridgehead atoms. The van der Waals surface area contributed by atoms with Gasteiger partial charge in [0, 0.05) is 43.6 Å². The lowest BCUT2D eigenvalue weighted by Crippen LogP contribution is -2.52. The van der Waals surface area contributed by atoms with Gasteiger partial charge in [-0.1, -0.05) is 6.07 Å². The molecule has 2 rings (SSSR count). The van der Waals surface area contributed by atoms with Crippen molar-refractivity contribution in [1.29, 1.82) is 0 Å². The van der Waals surface area contributed by atoms with Crippen molar-refractivity contribution < 1.29 is 5.11 Å². The monoisotopic (exact) mass is 254 g/mol. The molecule has 0 saturated carbocycles. The molecular weight excluding hydrogens is 232 g/mol. The van der Waals surface area contributed by atoms with Crippen LogP contribution in [-0.2, 0) is 6.54 Å². The minimum Gasteiger partial charge on any atom is -0.392 e. The molecule has 1 fully saturated rings. The van der Waals surface area contributed by atoms with Crippen LogP contribution in [0.2, 0.25) is 0 Å². The van der Waals surface area contributed by atoms with Gasteiger partial charge in [-0.3, -0.25) is 9.80 Å². The third kappa shape index (κ3) is 3.78. The third-order valence-corrected chi connectivity index (χ3v) is 4.17. The van der Waals surface area contributed by atoms with Gasteiger partial charge in [0.15, 0.2) is 0 Å². The summed E-state index contributed by atoms with van der Waals surface area (Å²) in [5.41, 5.74) is 0. The van der Waals surface area contributed by atoms with E-state index in [1.165, 1.54) is 4.88 Å². The molecule has 3 nitrogen and oxygen atoms in total. The summed E-state index contributed by atoms with van der Waals surface area (Å²) in [5, 5.41) is 11.6. The fourth-order valence-corrected chi connectivity index (χ4v) is 3.18. The van der Waals surface area contributed by atoms with Crippen LogP contribution in [0.5, 0.6) is 0 Å². The molecule has 0 aliphatic carbocycles. The number of β-amino-alcohol motifs (C(OH)–C–C–N with tert-alkyl or cyclic N) is 1. The van der Waals surface area contributed by atoms with Crippen molar-refractivity contribution in [3.63, 3.8) is 0 Å². The average molecular weight is 254 g/mol. The zero-order chi connectivity index (χ0) is 12.3. The molecule has 0 aromatic carbocycles. The first-order valence-electron chi connectivity index (χ1n) is 6.32. The van der Waals surface area contributed by atoms with Gasteiger partial charge in [-0.15, -0.1) is 11.3 Å². The SMILES string of the molecule is C[C@H](O)CN1CCN(Cc2cccs2)[C@@H](C)C1. The molecule has 1 saturated heterocycles. The van der Waals surface area contributed by atoms with Gasteiger partial charge in [-0.05, 0) is 25.3 Å². The van der Waals surface area contributed by atoms with Gasteiger partial charge in [-0.25, -0.2) is 0 Å². The molecule has 96 valence electrons. The Balaban J connectivity index is 1.83. The van der Waals surface area contributed by atoms with Gasteiger partial charge in [0.25, 0.3) is 0 Å². The highest BCUT2D eigenvalue weighted by atomic mass is 32.1. The molecule has 1 aliphatic heterocycles. The molecule has 1 aliphatic rings. The first kappa shape index (κ1) is 13.0. The molecular formula is C13H22N2OS. The Morgan fingerprint density at radius 2 is 2.35 bits per heavy atom. The predicted octanol–water partition coefficient (Wildman–Crippen LogP) is 1.64. The molecule has 0 radical (unpaired) electrons. The second-order valence-corrected chi connectivity index (χ2v) is 6.04. The highest BCUT2D eigenvalue weighted by Crippen LogP contribution is 2.17. The van der Waals surface area contributed by atoms with Crippen LogP contribution in [0, 0.1) is 0 Å². The van der Waals surface area contributed by atoms with E-state index in [4.69, 9.17) is 0 Å². The molecule has 2 heterocycles. The Morgan fingerprint density at radius 3 is 2.94 bits per heavy atom. The van der Waals surface area contributed by atoms with E-state index < -0.39 is 0 Å². The first-order chi connectivity index (χ1) is 8.15. The number of piperazine rings is 1. The highest BCUT2D eigenvalue weighted by Gasteiger charge is 2.24. The number of rotatable bonds is 4. The lowest BCUT2D eigenvalue weighted by Gasteiger charge is -2.40. The summed E-state index contributed by atoms with van der Waals surface area (Å²) >= 11 is 1.83. The number of hydrogen-bond donors (Lipinski definition) is 1. The second-order valence-electron chi connectivity index (χ2n) is 5.01. The van der Waals surface area contributed by atoms with Crippen molar-refractivity contribution >= 4 is 11.3 Å². The van der Waals surface area contributed by atoms with E-state index in [1.54, 1.807) is 0 Å². The quantitative estimate of drug-likeness (QED) is 0.885. The second kappa shape index (κ2) is 5.96. The summed E-state index contributed by atoms with van der Waals surface area (Å²) < 4.78 is 0. The zero-order valence-corrected chi connectivity index (χ0v) is 11.5. The summed E-state index contributed by atoms with van der Waals surface area (Å²) in [4.78, 5) is 6.34. The summed E-state index contributed by atoms with van der Waals surface area (Å²) in [6.45, 7) is 9.26. The molecule has 1 N–H and O–H groups in total. The zero-order valence-electron chi connectivity index (χ0n) is 10.7. The maximum atomic E-state index is 9.41. The standard InChI is InChI=1S/C13H22N2OS/c1-11-8-14(9-12(2)16)5-6-15(11)10-13-4-3-7-17-13/h3-4,7,11-12,16H,5-6,8-10H2,1-2H3/t11-,12-/m0/s1. The van der Waals surface area contributed by atoms with Crippen LogP contribution in [0.4, 0.5) is 0 Å². The van der Waals surface area contributed by atoms with Crippen LogP contribution in [0.15, 0.2) is 17.5 Å². The summed E-state index contributed by atoms with van der Waals surface area (Å²) in [7, 11) is 0. The maximum absolute atomic E-state index is 9.41. The molecule has 17 heavy (non-hydrogen) atoms. The van der Waals surface area contributed by atoms with Gasteiger partial charge < -0.3 is 5.11 Å². The molecule has 0 amide bonds. The Hall–Kier alpha value is -0.420. The van der Waals surface area contributed by atoms with Gasteiger partial charge in [0.1, 0.15) is 0 Å². The van der Waals surface area contributed by atoms with E-state index in [9.17, 15) is 5.11 Å². The molecule has 0 unspecified atom stereocenters. The van der Waals surface area contributed by atoms with Crippen molar-refractivity contribution in [2.24, 2.45) is 0 Å². The Labute approximate surface area is 108 Å². The van der Waals surface area contributed by atoms with Crippen LogP contribution < -0.4 is 0 Å². The first-order valence-corrected chi connectivity index (χ1v) is 7.20. The Bertz CT molecular complexity index is 326. The van der Waals surface area contributed by atoms with E-state index in [-0.39, 0.29) is 6.10 Å². The van der Waals surface area contributed by atoms with E-state index >= 15 is 0 Å². The van der Waals surface area contributed by atoms with Gasteiger partial charge in [-0.2, -0.15) is 0 Å². The van der Waals surface area contributed by atoms with Crippen LogP contribution in [0.3, 0.4) is 0 Å². The molecule has 0 spiro atoms. The highest BCUT2D eigenvalue weighted by molar-refractivity contribution is 7.09. The summed E-state index contributed by atoms with van der Waals surface area (Å²) in [5.74, 6) is 0. The molecule has 2 atom stereocenters. The van der Waals surface area contributed by atoms with Crippen LogP contribution in [0.25, 0.3) is 0 Å². The van der Waals surface area contributed by atoms with E-state index in [0.717, 1.165) is 32.7 Å². The number of thiophene rings is 1. The van der Waals surface area contributed by atoms with E-state index in [1.807, 2.05) is 18.3 Å². The Morgan fingerprint density at radius 1 is 1.53 bits per heavy atom. The Kier molecular flexibility index (Phi) is 4.56. The number of nitrogens with zero attached hydrogens (tertiary/aromatic N) is 2. The summed E-state index contributed by atoms with van der Waals surface area (Å²) in [6.07, 6.45) is -0.217. The fraction of sp³-hybridized carbons (Fsp3) is 0.692. The van der Waals surface area contributed by atoms with E-state index in [0.29, 0.717) is 6.04 Å². The van der Waals surface area contributed by atoms with Crippen molar-refractivity contribution in [1.82, 2.24) is 9.80 Å². The lowest BCUT2D eigenvalue weighted by molar-refractivity contribution is 0.0477. The molecule has 4 heteroatoms. The normalized spacial score (nSPS) is 25.0. The number of aliphatic hydroxyl groups excluding tert-OH is 1. The van der Waals surface area contributed by atoms with Gasteiger partial charge in [0.2, 0.25) is 0 Å². The predicted molar refractivity (Wildman–Crippen MR) is 72.3 cm³/mol. The van der Waals surface area contributed by atoms with Crippen molar-refractivity contribution in [3.05, 3.63) is 22.4 Å². The van der Waals surface area contributed by atoms with Crippen molar-refractivity contribution in [2.45, 2.75) is 32.5 Å². The van der Waals surface area contributed by atoms with Crippen LogP contribution in [-0.4, -0.2) is 53.2 Å². The third-order valence-electron chi connectivity index (χ3n) is 3.31. The topological polar surface area (TPSA) is 26.7 Å². The van der Waals surface area contributed by atoms with E-state index in [2.05, 4.69) is 34.2 Å².